The number of nitrogens with one attached hydrogen (secondary N) is 2. The minimum atomic E-state index is -0.959. The normalized spacial score (nSPS) is 16.6. The second kappa shape index (κ2) is 11.3. The lowest BCUT2D eigenvalue weighted by atomic mass is 9.87. The van der Waals surface area contributed by atoms with Crippen molar-refractivity contribution in [3.05, 3.63) is 69.6 Å². The first-order chi connectivity index (χ1) is 15.8. The number of pyridine rings is 1. The summed E-state index contributed by atoms with van der Waals surface area (Å²) in [4.78, 5) is 40.0. The second-order valence-corrected chi connectivity index (χ2v) is 8.86. The number of ketones is 1. The van der Waals surface area contributed by atoms with Gasteiger partial charge in [0, 0.05) is 36.3 Å². The highest BCUT2D eigenvalue weighted by Gasteiger charge is 2.24. The maximum absolute atomic E-state index is 12.6. The summed E-state index contributed by atoms with van der Waals surface area (Å²) in [6.07, 6.45) is 7.30. The molecule has 0 saturated heterocycles. The molecule has 1 amide bonds. The molecule has 9 heteroatoms. The van der Waals surface area contributed by atoms with E-state index < -0.39 is 17.9 Å². The number of benzene rings is 1. The molecule has 2 unspecified atom stereocenters. The Bertz CT molecular complexity index is 1050. The molecule has 0 radical (unpaired) electrons. The molecule has 0 aliphatic heterocycles. The third-order valence-corrected chi connectivity index (χ3v) is 5.99. The van der Waals surface area contributed by atoms with Crippen LogP contribution >= 0.6 is 23.2 Å². The van der Waals surface area contributed by atoms with E-state index in [4.69, 9.17) is 23.2 Å². The predicted octanol–water partition coefficient (Wildman–Crippen LogP) is 5.41. The Morgan fingerprint density at radius 2 is 1.82 bits per heavy atom. The lowest BCUT2D eigenvalue weighted by Gasteiger charge is -2.27. The van der Waals surface area contributed by atoms with E-state index in [1.807, 2.05) is 0 Å². The molecule has 0 spiro atoms. The molecular formula is C24H25Cl2N3O4. The van der Waals surface area contributed by atoms with Gasteiger partial charge in [0.15, 0.2) is 5.78 Å². The van der Waals surface area contributed by atoms with Crippen LogP contribution in [-0.2, 0) is 9.59 Å². The van der Waals surface area contributed by atoms with E-state index in [0.717, 1.165) is 30.5 Å². The second-order valence-electron chi connectivity index (χ2n) is 8.05. The highest BCUT2D eigenvalue weighted by Crippen LogP contribution is 2.29. The van der Waals surface area contributed by atoms with Crippen LogP contribution in [0.1, 0.15) is 61.0 Å². The summed E-state index contributed by atoms with van der Waals surface area (Å²) in [7, 11) is 0. The maximum Gasteiger partial charge on any atom is 0.305 e. The van der Waals surface area contributed by atoms with Gasteiger partial charge in [0.1, 0.15) is 0 Å². The molecule has 0 saturated carbocycles. The molecule has 0 bridgehead atoms. The molecule has 3 N–H and O–H groups in total. The zero-order chi connectivity index (χ0) is 24.0. The smallest absolute Gasteiger partial charge is 0.305 e. The van der Waals surface area contributed by atoms with Crippen LogP contribution in [-0.4, -0.2) is 27.8 Å². The Hall–Kier alpha value is -2.90. The number of carbonyl (C=O) groups is 3. The maximum atomic E-state index is 12.6. The molecule has 1 heterocycles. The van der Waals surface area contributed by atoms with E-state index in [1.54, 1.807) is 30.3 Å². The predicted molar refractivity (Wildman–Crippen MR) is 128 cm³/mol. The Kier molecular flexibility index (Phi) is 8.47. The van der Waals surface area contributed by atoms with Gasteiger partial charge in [-0.05, 0) is 36.5 Å². The van der Waals surface area contributed by atoms with Crippen LogP contribution in [0.4, 0.5) is 5.69 Å². The summed E-state index contributed by atoms with van der Waals surface area (Å²) in [5.41, 5.74) is 2.10. The molecule has 1 aliphatic carbocycles. The highest BCUT2D eigenvalue weighted by molar-refractivity contribution is 6.40. The van der Waals surface area contributed by atoms with Gasteiger partial charge in [0.2, 0.25) is 0 Å². The van der Waals surface area contributed by atoms with Crippen molar-refractivity contribution < 1.29 is 19.5 Å². The summed E-state index contributed by atoms with van der Waals surface area (Å²) in [6, 6.07) is 6.30. The van der Waals surface area contributed by atoms with Crippen molar-refractivity contribution in [2.24, 2.45) is 5.92 Å². The van der Waals surface area contributed by atoms with E-state index in [0.29, 0.717) is 12.1 Å². The Balaban J connectivity index is 1.74. The number of carbonyl (C=O) groups excluding carboxylic acids is 2. The largest absolute Gasteiger partial charge is 0.481 e. The molecule has 2 atom stereocenters. The third kappa shape index (κ3) is 6.79. The number of aromatic nitrogens is 1. The Morgan fingerprint density at radius 1 is 1.15 bits per heavy atom. The first-order valence-electron chi connectivity index (χ1n) is 10.7. The zero-order valence-corrected chi connectivity index (χ0v) is 19.6. The molecule has 174 valence electrons. The number of nitrogens with zero attached hydrogens (tertiary/aromatic N) is 1. The number of allylic oxidation sites excluding steroid dienone is 2. The van der Waals surface area contributed by atoms with Crippen molar-refractivity contribution >= 4 is 46.5 Å². The average molecular weight is 490 g/mol. The fraction of sp³-hybridized carbons (Fsp3) is 0.333. The minimum Gasteiger partial charge on any atom is -0.481 e. The monoisotopic (exact) mass is 489 g/mol. The summed E-state index contributed by atoms with van der Waals surface area (Å²) < 4.78 is 0. The van der Waals surface area contributed by atoms with Crippen LogP contribution in [0.25, 0.3) is 0 Å². The van der Waals surface area contributed by atoms with Gasteiger partial charge in [-0.2, -0.15) is 0 Å². The average Bonchev–Trinajstić information content (AvgIpc) is 2.73. The van der Waals surface area contributed by atoms with Gasteiger partial charge in [0.25, 0.3) is 5.91 Å². The third-order valence-electron chi connectivity index (χ3n) is 5.42. The molecule has 7 nitrogen and oxygen atoms in total. The number of aliphatic carboxylic acids is 1. The van der Waals surface area contributed by atoms with Crippen LogP contribution in [0, 0.1) is 5.92 Å². The van der Waals surface area contributed by atoms with E-state index in [-0.39, 0.29) is 33.7 Å². The van der Waals surface area contributed by atoms with Crippen molar-refractivity contribution in [2.75, 3.05) is 5.32 Å². The number of hydrogen-bond donors (Lipinski definition) is 3. The molecule has 0 fully saturated rings. The summed E-state index contributed by atoms with van der Waals surface area (Å²) >= 11 is 12.1. The first-order valence-corrected chi connectivity index (χ1v) is 11.4. The minimum absolute atomic E-state index is 0.0581. The van der Waals surface area contributed by atoms with Gasteiger partial charge in [-0.1, -0.05) is 48.7 Å². The number of carboxylic acids is 1. The van der Waals surface area contributed by atoms with Crippen molar-refractivity contribution in [3.8, 4) is 0 Å². The van der Waals surface area contributed by atoms with Gasteiger partial charge < -0.3 is 15.7 Å². The van der Waals surface area contributed by atoms with E-state index in [1.165, 1.54) is 12.4 Å². The molecular weight excluding hydrogens is 465 g/mol. The van der Waals surface area contributed by atoms with Gasteiger partial charge in [-0.3, -0.25) is 19.4 Å². The van der Waals surface area contributed by atoms with Crippen molar-refractivity contribution in [2.45, 2.75) is 45.1 Å². The van der Waals surface area contributed by atoms with Crippen molar-refractivity contribution in [3.63, 3.8) is 0 Å². The van der Waals surface area contributed by atoms with Gasteiger partial charge >= 0.3 is 5.97 Å². The number of carboxylic acid groups (broad SMARTS) is 1. The van der Waals surface area contributed by atoms with Crippen molar-refractivity contribution in [1.82, 2.24) is 10.3 Å². The summed E-state index contributed by atoms with van der Waals surface area (Å²) in [6.45, 7) is 2.08. The SMILES string of the molecule is CCCC1CC(=O)C=C(NC(CC(=O)O)c2ccc(NC(=O)c3c(Cl)cncc3Cl)cc2)C1. The van der Waals surface area contributed by atoms with E-state index in [2.05, 4.69) is 22.5 Å². The number of halogens is 2. The summed E-state index contributed by atoms with van der Waals surface area (Å²) in [5, 5.41) is 15.7. The van der Waals surface area contributed by atoms with E-state index in [9.17, 15) is 19.5 Å². The van der Waals surface area contributed by atoms with Crippen molar-refractivity contribution in [1.29, 1.82) is 0 Å². The van der Waals surface area contributed by atoms with Crippen LogP contribution in [0.2, 0.25) is 10.0 Å². The lowest BCUT2D eigenvalue weighted by Crippen LogP contribution is -2.28. The Labute approximate surface area is 202 Å². The summed E-state index contributed by atoms with van der Waals surface area (Å²) in [5.74, 6) is -1.11. The lowest BCUT2D eigenvalue weighted by molar-refractivity contribution is -0.137. The fourth-order valence-electron chi connectivity index (χ4n) is 3.96. The Morgan fingerprint density at radius 3 is 2.42 bits per heavy atom. The number of anilines is 1. The topological polar surface area (TPSA) is 108 Å². The first kappa shape index (κ1) is 24.7. The van der Waals surface area contributed by atoms with Gasteiger partial charge in [-0.25, -0.2) is 0 Å². The number of rotatable bonds is 9. The number of hydrogen-bond acceptors (Lipinski definition) is 5. The van der Waals surface area contributed by atoms with E-state index >= 15 is 0 Å². The van der Waals surface area contributed by atoms with Crippen LogP contribution in [0.15, 0.2) is 48.4 Å². The fourth-order valence-corrected chi connectivity index (χ4v) is 4.50. The zero-order valence-electron chi connectivity index (χ0n) is 18.1. The van der Waals surface area contributed by atoms with Gasteiger partial charge in [-0.15, -0.1) is 0 Å². The molecule has 1 aromatic carbocycles. The van der Waals surface area contributed by atoms with Crippen LogP contribution in [0.3, 0.4) is 0 Å². The quantitative estimate of drug-likeness (QED) is 0.434. The highest BCUT2D eigenvalue weighted by atomic mass is 35.5. The number of amides is 1. The molecule has 3 rings (SSSR count). The van der Waals surface area contributed by atoms with Crippen LogP contribution < -0.4 is 10.6 Å². The molecule has 1 aromatic heterocycles. The standard InChI is InChI=1S/C24H25Cl2N3O4/c1-2-3-14-8-17(10-18(30)9-14)28-21(11-22(31)32)15-4-6-16(7-5-15)29-24(33)23-19(25)12-27-13-20(23)26/h4-7,10,12-14,21,28H,2-3,8-9,11H2,1H3,(H,29,33)(H,31,32). The van der Waals surface area contributed by atoms with Crippen LogP contribution in [0.5, 0.6) is 0 Å². The molecule has 33 heavy (non-hydrogen) atoms. The molecule has 2 aromatic rings. The van der Waals surface area contributed by atoms with Gasteiger partial charge in [0.05, 0.1) is 28.1 Å². The molecule has 1 aliphatic rings.